The van der Waals surface area contributed by atoms with E-state index in [-0.39, 0.29) is 12.0 Å². The lowest BCUT2D eigenvalue weighted by Gasteiger charge is -2.27. The maximum absolute atomic E-state index is 12.4. The SMILES string of the molecule is CC[C@H](Oc1ccc(OC)cc1)C(=O)NC[C@H]1COc2ccccc2O1. The first-order chi connectivity index (χ1) is 12.7. The molecule has 138 valence electrons. The van der Waals surface area contributed by atoms with E-state index in [1.165, 1.54) is 0 Å². The average Bonchev–Trinajstić information content (AvgIpc) is 2.70. The highest BCUT2D eigenvalue weighted by Gasteiger charge is 2.24. The molecule has 26 heavy (non-hydrogen) atoms. The first-order valence-electron chi connectivity index (χ1n) is 8.66. The van der Waals surface area contributed by atoms with Crippen LogP contribution < -0.4 is 24.3 Å². The molecule has 0 unspecified atom stereocenters. The zero-order chi connectivity index (χ0) is 18.4. The number of para-hydroxylation sites is 2. The molecule has 2 aromatic rings. The molecule has 0 aromatic heterocycles. The van der Waals surface area contributed by atoms with Gasteiger partial charge < -0.3 is 24.3 Å². The highest BCUT2D eigenvalue weighted by Crippen LogP contribution is 2.30. The predicted octanol–water partition coefficient (Wildman–Crippen LogP) is 2.81. The largest absolute Gasteiger partial charge is 0.497 e. The van der Waals surface area contributed by atoms with Crippen molar-refractivity contribution in [2.45, 2.75) is 25.6 Å². The number of carbonyl (C=O) groups excluding carboxylic acids is 1. The fourth-order valence-electron chi connectivity index (χ4n) is 2.63. The molecule has 0 saturated carbocycles. The van der Waals surface area contributed by atoms with Crippen molar-refractivity contribution in [3.63, 3.8) is 0 Å². The molecule has 1 amide bonds. The summed E-state index contributed by atoms with van der Waals surface area (Å²) in [6.45, 7) is 2.66. The Hall–Kier alpha value is -2.89. The van der Waals surface area contributed by atoms with Gasteiger partial charge in [-0.2, -0.15) is 0 Å². The highest BCUT2D eigenvalue weighted by atomic mass is 16.6. The third-order valence-electron chi connectivity index (χ3n) is 4.07. The van der Waals surface area contributed by atoms with Crippen molar-refractivity contribution >= 4 is 5.91 Å². The summed E-state index contributed by atoms with van der Waals surface area (Å²) in [4.78, 5) is 12.4. The van der Waals surface area contributed by atoms with E-state index in [9.17, 15) is 4.79 Å². The van der Waals surface area contributed by atoms with Crippen molar-refractivity contribution in [3.8, 4) is 23.0 Å². The molecule has 3 rings (SSSR count). The molecular formula is C20H23NO5. The van der Waals surface area contributed by atoms with Crippen molar-refractivity contribution in [1.29, 1.82) is 0 Å². The minimum atomic E-state index is -0.569. The number of amides is 1. The van der Waals surface area contributed by atoms with Gasteiger partial charge in [-0.1, -0.05) is 19.1 Å². The summed E-state index contributed by atoms with van der Waals surface area (Å²) in [5.74, 6) is 2.61. The van der Waals surface area contributed by atoms with Crippen LogP contribution in [0.5, 0.6) is 23.0 Å². The minimum absolute atomic E-state index is 0.175. The van der Waals surface area contributed by atoms with Crippen LogP contribution in [-0.4, -0.2) is 38.4 Å². The predicted molar refractivity (Wildman–Crippen MR) is 97.1 cm³/mol. The van der Waals surface area contributed by atoms with E-state index in [2.05, 4.69) is 5.32 Å². The van der Waals surface area contributed by atoms with Crippen molar-refractivity contribution in [1.82, 2.24) is 5.32 Å². The Morgan fingerprint density at radius 3 is 2.54 bits per heavy atom. The number of fused-ring (bicyclic) bond motifs is 1. The molecule has 1 N–H and O–H groups in total. The molecule has 2 aromatic carbocycles. The normalized spacial score (nSPS) is 16.5. The van der Waals surface area contributed by atoms with E-state index in [1.54, 1.807) is 31.4 Å². The zero-order valence-corrected chi connectivity index (χ0v) is 14.9. The number of hydrogen-bond donors (Lipinski definition) is 1. The lowest BCUT2D eigenvalue weighted by molar-refractivity contribution is -0.128. The van der Waals surface area contributed by atoms with E-state index in [0.29, 0.717) is 31.1 Å². The Morgan fingerprint density at radius 1 is 1.15 bits per heavy atom. The van der Waals surface area contributed by atoms with Crippen LogP contribution in [0.3, 0.4) is 0 Å². The summed E-state index contributed by atoms with van der Waals surface area (Å²) < 4.78 is 22.4. The molecule has 0 saturated heterocycles. The first-order valence-corrected chi connectivity index (χ1v) is 8.66. The Labute approximate surface area is 153 Å². The van der Waals surface area contributed by atoms with Gasteiger partial charge >= 0.3 is 0 Å². The van der Waals surface area contributed by atoms with Gasteiger partial charge in [-0.15, -0.1) is 0 Å². The number of rotatable bonds is 7. The number of hydrogen-bond acceptors (Lipinski definition) is 5. The van der Waals surface area contributed by atoms with Gasteiger partial charge in [-0.25, -0.2) is 0 Å². The van der Waals surface area contributed by atoms with E-state index < -0.39 is 6.10 Å². The van der Waals surface area contributed by atoms with Gasteiger partial charge in [0.15, 0.2) is 17.6 Å². The van der Waals surface area contributed by atoms with Gasteiger partial charge in [0.05, 0.1) is 13.7 Å². The fourth-order valence-corrected chi connectivity index (χ4v) is 2.63. The lowest BCUT2D eigenvalue weighted by atomic mass is 10.2. The molecule has 1 aliphatic heterocycles. The van der Waals surface area contributed by atoms with Crippen LogP contribution in [0.25, 0.3) is 0 Å². The second kappa shape index (κ2) is 8.47. The monoisotopic (exact) mass is 357 g/mol. The molecule has 0 aliphatic carbocycles. The Bertz CT molecular complexity index is 731. The lowest BCUT2D eigenvalue weighted by Crippen LogP contribution is -2.45. The van der Waals surface area contributed by atoms with Crippen LogP contribution in [-0.2, 0) is 4.79 Å². The summed E-state index contributed by atoms with van der Waals surface area (Å²) in [5, 5.41) is 2.88. The van der Waals surface area contributed by atoms with Gasteiger partial charge in [0, 0.05) is 0 Å². The molecule has 1 aliphatic rings. The topological polar surface area (TPSA) is 66.0 Å². The summed E-state index contributed by atoms with van der Waals surface area (Å²) in [6, 6.07) is 14.7. The minimum Gasteiger partial charge on any atom is -0.497 e. The van der Waals surface area contributed by atoms with Crippen LogP contribution in [0.2, 0.25) is 0 Å². The Balaban J connectivity index is 1.51. The van der Waals surface area contributed by atoms with E-state index in [4.69, 9.17) is 18.9 Å². The number of ether oxygens (including phenoxy) is 4. The highest BCUT2D eigenvalue weighted by molar-refractivity contribution is 5.81. The maximum atomic E-state index is 12.4. The number of nitrogens with one attached hydrogen (secondary N) is 1. The quantitative estimate of drug-likeness (QED) is 0.825. The van der Waals surface area contributed by atoms with Crippen molar-refractivity contribution < 1.29 is 23.7 Å². The van der Waals surface area contributed by atoms with Gasteiger partial charge in [-0.3, -0.25) is 4.79 Å². The Kier molecular flexibility index (Phi) is 5.84. The number of benzene rings is 2. The van der Waals surface area contributed by atoms with Gasteiger partial charge in [0.25, 0.3) is 5.91 Å². The molecule has 2 atom stereocenters. The molecule has 6 heteroatoms. The standard InChI is InChI=1S/C20H23NO5/c1-3-17(25-15-10-8-14(23-2)9-11-15)20(22)21-12-16-13-24-18-6-4-5-7-19(18)26-16/h4-11,16-17H,3,12-13H2,1-2H3,(H,21,22)/t16-,17-/m0/s1. The maximum Gasteiger partial charge on any atom is 0.261 e. The van der Waals surface area contributed by atoms with E-state index >= 15 is 0 Å². The van der Waals surface area contributed by atoms with Crippen LogP contribution in [0.1, 0.15) is 13.3 Å². The molecule has 0 fully saturated rings. The first kappa shape index (κ1) is 17.9. The van der Waals surface area contributed by atoms with Crippen LogP contribution >= 0.6 is 0 Å². The average molecular weight is 357 g/mol. The second-order valence-electron chi connectivity index (χ2n) is 5.93. The molecule has 0 radical (unpaired) electrons. The molecular weight excluding hydrogens is 334 g/mol. The van der Waals surface area contributed by atoms with Crippen LogP contribution in [0.15, 0.2) is 48.5 Å². The summed E-state index contributed by atoms with van der Waals surface area (Å²) in [7, 11) is 1.60. The van der Waals surface area contributed by atoms with E-state index in [1.807, 2.05) is 31.2 Å². The molecule has 1 heterocycles. The number of carbonyl (C=O) groups is 1. The fraction of sp³-hybridized carbons (Fsp3) is 0.350. The molecule has 0 bridgehead atoms. The van der Waals surface area contributed by atoms with Gasteiger partial charge in [-0.05, 0) is 42.8 Å². The molecule has 0 spiro atoms. The molecule has 6 nitrogen and oxygen atoms in total. The third kappa shape index (κ3) is 4.39. The van der Waals surface area contributed by atoms with Crippen molar-refractivity contribution in [2.24, 2.45) is 0 Å². The van der Waals surface area contributed by atoms with E-state index in [0.717, 1.165) is 11.5 Å². The second-order valence-corrected chi connectivity index (χ2v) is 5.93. The zero-order valence-electron chi connectivity index (χ0n) is 14.9. The van der Waals surface area contributed by atoms with Crippen molar-refractivity contribution in [3.05, 3.63) is 48.5 Å². The van der Waals surface area contributed by atoms with Gasteiger partial charge in [0.2, 0.25) is 0 Å². The summed E-state index contributed by atoms with van der Waals surface area (Å²) in [5.41, 5.74) is 0. The third-order valence-corrected chi connectivity index (χ3v) is 4.07. The van der Waals surface area contributed by atoms with Crippen LogP contribution in [0.4, 0.5) is 0 Å². The van der Waals surface area contributed by atoms with Gasteiger partial charge in [0.1, 0.15) is 24.2 Å². The smallest absolute Gasteiger partial charge is 0.261 e. The summed E-state index contributed by atoms with van der Waals surface area (Å²) >= 11 is 0. The van der Waals surface area contributed by atoms with Crippen LogP contribution in [0, 0.1) is 0 Å². The van der Waals surface area contributed by atoms with Crippen molar-refractivity contribution in [2.75, 3.05) is 20.3 Å². The number of methoxy groups -OCH3 is 1. The summed E-state index contributed by atoms with van der Waals surface area (Å²) in [6.07, 6.45) is -0.240. The Morgan fingerprint density at radius 2 is 1.85 bits per heavy atom.